The van der Waals surface area contributed by atoms with Crippen molar-refractivity contribution in [1.29, 1.82) is 0 Å². The highest BCUT2D eigenvalue weighted by Crippen LogP contribution is 2.24. The van der Waals surface area contributed by atoms with Crippen LogP contribution >= 0.6 is 0 Å². The third-order valence-corrected chi connectivity index (χ3v) is 2.94. The predicted molar refractivity (Wildman–Crippen MR) is 69.8 cm³/mol. The monoisotopic (exact) mass is 256 g/mol. The summed E-state index contributed by atoms with van der Waals surface area (Å²) in [5.74, 6) is -0.352. The van der Waals surface area contributed by atoms with E-state index in [1.807, 2.05) is 0 Å². The molecular weight excluding hydrogens is 244 g/mol. The molecule has 0 saturated carbocycles. The molecule has 1 aliphatic carbocycles. The second-order valence-corrected chi connectivity index (χ2v) is 4.09. The lowest BCUT2D eigenvalue weighted by molar-refractivity contribution is 0.0969. The molecule has 0 bridgehead atoms. The number of hydrogen-bond donors (Lipinski definition) is 1. The number of azide groups is 1. The summed E-state index contributed by atoms with van der Waals surface area (Å²) in [5, 5.41) is 6.24. The van der Waals surface area contributed by atoms with Crippen LogP contribution in [0.25, 0.3) is 10.4 Å². The van der Waals surface area contributed by atoms with E-state index in [0.29, 0.717) is 23.2 Å². The molecule has 1 N–H and O–H groups in total. The molecule has 1 aromatic rings. The Labute approximate surface area is 109 Å². The Kier molecular flexibility index (Phi) is 3.63. The molecule has 1 aromatic carbocycles. The zero-order valence-corrected chi connectivity index (χ0v) is 10.4. The molecule has 6 nitrogen and oxygen atoms in total. The molecule has 19 heavy (non-hydrogen) atoms. The van der Waals surface area contributed by atoms with Crippen LogP contribution in [0, 0.1) is 0 Å². The zero-order chi connectivity index (χ0) is 13.8. The maximum atomic E-state index is 12.3. The summed E-state index contributed by atoms with van der Waals surface area (Å²) in [5.41, 5.74) is 9.70. The minimum Gasteiger partial charge on any atom is -0.381 e. The summed E-state index contributed by atoms with van der Waals surface area (Å²) in [7, 11) is 0. The van der Waals surface area contributed by atoms with Gasteiger partial charge in [0.25, 0.3) is 0 Å². The number of benzene rings is 1. The Bertz CT molecular complexity index is 627. The van der Waals surface area contributed by atoms with Crippen molar-refractivity contribution in [2.75, 3.05) is 13.1 Å². The summed E-state index contributed by atoms with van der Waals surface area (Å²) >= 11 is 0. The van der Waals surface area contributed by atoms with Crippen molar-refractivity contribution >= 4 is 11.6 Å². The molecule has 0 radical (unpaired) electrons. The molecule has 0 aromatic heterocycles. The maximum Gasteiger partial charge on any atom is 0.209 e. The van der Waals surface area contributed by atoms with Gasteiger partial charge in [0.1, 0.15) is 0 Å². The van der Waals surface area contributed by atoms with Crippen molar-refractivity contribution < 1.29 is 9.59 Å². The van der Waals surface area contributed by atoms with Crippen LogP contribution < -0.4 is 5.32 Å². The van der Waals surface area contributed by atoms with Gasteiger partial charge in [-0.1, -0.05) is 29.4 Å². The maximum absolute atomic E-state index is 12.3. The predicted octanol–water partition coefficient (Wildman–Crippen LogP) is 2.24. The molecule has 0 aliphatic heterocycles. The summed E-state index contributed by atoms with van der Waals surface area (Å²) in [6.45, 7) is 2.15. The van der Waals surface area contributed by atoms with E-state index in [4.69, 9.17) is 5.53 Å². The molecule has 0 heterocycles. The minimum absolute atomic E-state index is 0.151. The number of ketones is 2. The molecule has 0 atom stereocenters. The molecule has 0 fully saturated rings. The van der Waals surface area contributed by atoms with E-state index >= 15 is 0 Å². The quantitative estimate of drug-likeness (QED) is 0.387. The van der Waals surface area contributed by atoms with Crippen molar-refractivity contribution in [3.05, 3.63) is 57.1 Å². The van der Waals surface area contributed by atoms with Crippen molar-refractivity contribution in [2.24, 2.45) is 5.11 Å². The highest BCUT2D eigenvalue weighted by atomic mass is 16.1. The van der Waals surface area contributed by atoms with Gasteiger partial charge >= 0.3 is 0 Å². The zero-order valence-electron chi connectivity index (χ0n) is 10.4. The average molecular weight is 256 g/mol. The molecule has 0 unspecified atom stereocenters. The number of Topliss-reactive ketones (excluding diaryl/α,β-unsaturated/α-hetero) is 2. The first-order valence-electron chi connectivity index (χ1n) is 5.81. The van der Waals surface area contributed by atoms with Crippen LogP contribution in [0.2, 0.25) is 0 Å². The standard InChI is InChI=1S/C13H12N4O2/c1-8-11(15-6-7-16-17-14)13(19)10-5-3-2-4-9(10)12(8)18/h2-5,15H,6-7H2,1H3. The fourth-order valence-corrected chi connectivity index (χ4v) is 1.99. The van der Waals surface area contributed by atoms with E-state index in [-0.39, 0.29) is 23.8 Å². The molecular formula is C13H12N4O2. The fraction of sp³-hybridized carbons (Fsp3) is 0.231. The van der Waals surface area contributed by atoms with Gasteiger partial charge in [-0.3, -0.25) is 9.59 Å². The SMILES string of the molecule is CC1=C(NCCN=[N+]=[N-])C(=O)c2ccccc2C1=O. The van der Waals surface area contributed by atoms with Gasteiger partial charge in [0.05, 0.1) is 5.70 Å². The number of nitrogens with zero attached hydrogens (tertiary/aromatic N) is 3. The lowest BCUT2D eigenvalue weighted by Gasteiger charge is -2.19. The minimum atomic E-state index is -0.200. The topological polar surface area (TPSA) is 94.9 Å². The molecule has 0 saturated heterocycles. The Morgan fingerprint density at radius 3 is 2.47 bits per heavy atom. The fourth-order valence-electron chi connectivity index (χ4n) is 1.99. The Morgan fingerprint density at radius 1 is 1.21 bits per heavy atom. The van der Waals surface area contributed by atoms with E-state index in [1.54, 1.807) is 31.2 Å². The second kappa shape index (κ2) is 5.37. The Hall–Kier alpha value is -2.59. The van der Waals surface area contributed by atoms with Crippen LogP contribution in [0.1, 0.15) is 27.6 Å². The molecule has 1 aliphatic rings. The van der Waals surface area contributed by atoms with Crippen molar-refractivity contribution in [3.63, 3.8) is 0 Å². The highest BCUT2D eigenvalue weighted by Gasteiger charge is 2.29. The van der Waals surface area contributed by atoms with Crippen molar-refractivity contribution in [3.8, 4) is 0 Å². The normalized spacial score (nSPS) is 13.9. The van der Waals surface area contributed by atoms with Gasteiger partial charge < -0.3 is 5.32 Å². The van der Waals surface area contributed by atoms with Crippen LogP contribution in [0.5, 0.6) is 0 Å². The van der Waals surface area contributed by atoms with Crippen molar-refractivity contribution in [2.45, 2.75) is 6.92 Å². The number of nitrogens with one attached hydrogen (secondary N) is 1. The first kappa shape index (κ1) is 12.9. The molecule has 96 valence electrons. The second-order valence-electron chi connectivity index (χ2n) is 4.09. The third-order valence-electron chi connectivity index (χ3n) is 2.94. The van der Waals surface area contributed by atoms with Crippen LogP contribution in [0.4, 0.5) is 0 Å². The largest absolute Gasteiger partial charge is 0.381 e. The summed E-state index contributed by atoms with van der Waals surface area (Å²) < 4.78 is 0. The van der Waals surface area contributed by atoms with Gasteiger partial charge in [-0.05, 0) is 12.5 Å². The van der Waals surface area contributed by atoms with Gasteiger partial charge in [-0.25, -0.2) is 0 Å². The number of allylic oxidation sites excluding steroid dienone is 2. The molecule has 0 amide bonds. The number of rotatable bonds is 4. The first-order valence-corrected chi connectivity index (χ1v) is 5.81. The van der Waals surface area contributed by atoms with E-state index in [2.05, 4.69) is 15.3 Å². The van der Waals surface area contributed by atoms with Gasteiger partial charge in [-0.15, -0.1) is 0 Å². The number of hydrogen-bond acceptors (Lipinski definition) is 4. The lowest BCUT2D eigenvalue weighted by atomic mass is 9.88. The van der Waals surface area contributed by atoms with Gasteiger partial charge in [0.2, 0.25) is 5.78 Å². The van der Waals surface area contributed by atoms with E-state index in [9.17, 15) is 9.59 Å². The summed E-state index contributed by atoms with van der Waals surface area (Å²) in [6.07, 6.45) is 0. The molecule has 2 rings (SSSR count). The van der Waals surface area contributed by atoms with Gasteiger partial charge in [0.15, 0.2) is 5.78 Å². The van der Waals surface area contributed by atoms with Crippen LogP contribution in [0.15, 0.2) is 40.6 Å². The lowest BCUT2D eigenvalue weighted by Crippen LogP contribution is -2.30. The van der Waals surface area contributed by atoms with E-state index in [1.165, 1.54) is 0 Å². The van der Waals surface area contributed by atoms with E-state index in [0.717, 1.165) is 0 Å². The van der Waals surface area contributed by atoms with Crippen LogP contribution in [0.3, 0.4) is 0 Å². The number of carbonyl (C=O) groups is 2. The number of fused-ring (bicyclic) bond motifs is 1. The number of carbonyl (C=O) groups excluding carboxylic acids is 2. The first-order chi connectivity index (χ1) is 9.16. The molecule has 6 heteroatoms. The smallest absolute Gasteiger partial charge is 0.209 e. The van der Waals surface area contributed by atoms with Crippen molar-refractivity contribution in [1.82, 2.24) is 5.32 Å². The van der Waals surface area contributed by atoms with Gasteiger partial charge in [-0.2, -0.15) is 0 Å². The van der Waals surface area contributed by atoms with Crippen LogP contribution in [-0.4, -0.2) is 24.7 Å². The third kappa shape index (κ3) is 2.34. The van der Waals surface area contributed by atoms with Gasteiger partial charge in [0, 0.05) is 34.7 Å². The Balaban J connectivity index is 2.29. The highest BCUT2D eigenvalue weighted by molar-refractivity contribution is 6.26. The Morgan fingerprint density at radius 2 is 1.84 bits per heavy atom. The average Bonchev–Trinajstić information content (AvgIpc) is 2.44. The summed E-state index contributed by atoms with van der Waals surface area (Å²) in [6, 6.07) is 6.74. The molecule has 0 spiro atoms. The van der Waals surface area contributed by atoms with E-state index < -0.39 is 0 Å². The summed E-state index contributed by atoms with van der Waals surface area (Å²) in [4.78, 5) is 27.0. The van der Waals surface area contributed by atoms with Crippen LogP contribution in [-0.2, 0) is 0 Å².